The molecule has 2 aromatic carbocycles. The fraction of sp³-hybridized carbons (Fsp3) is 0.188. The molecule has 0 atom stereocenters. The summed E-state index contributed by atoms with van der Waals surface area (Å²) < 4.78 is 0. The van der Waals surface area contributed by atoms with Gasteiger partial charge in [0.2, 0.25) is 0 Å². The fourth-order valence-corrected chi connectivity index (χ4v) is 2.16. The lowest BCUT2D eigenvalue weighted by Gasteiger charge is -2.10. The summed E-state index contributed by atoms with van der Waals surface area (Å²) in [6, 6.07) is 12.9. The van der Waals surface area contributed by atoms with Gasteiger partial charge in [0, 0.05) is 16.3 Å². The average Bonchev–Trinajstić information content (AvgIpc) is 2.44. The number of hydrogen-bond acceptors (Lipinski definition) is 2. The van der Waals surface area contributed by atoms with Crippen LogP contribution in [0.15, 0.2) is 42.5 Å². The Balaban J connectivity index is 2.21. The van der Waals surface area contributed by atoms with Crippen molar-refractivity contribution < 1.29 is 4.79 Å². The van der Waals surface area contributed by atoms with Gasteiger partial charge in [0.05, 0.1) is 0 Å². The number of rotatable bonds is 4. The molecule has 0 bridgehead atoms. The van der Waals surface area contributed by atoms with Crippen molar-refractivity contribution in [3.05, 3.63) is 64.2 Å². The first kappa shape index (κ1) is 14.6. The third kappa shape index (κ3) is 3.38. The van der Waals surface area contributed by atoms with Crippen molar-refractivity contribution in [1.82, 2.24) is 0 Å². The molecule has 3 N–H and O–H groups in total. The Labute approximate surface area is 123 Å². The van der Waals surface area contributed by atoms with Gasteiger partial charge in [-0.05, 0) is 49.2 Å². The summed E-state index contributed by atoms with van der Waals surface area (Å²) in [5, 5.41) is 3.50. The highest BCUT2D eigenvalue weighted by Gasteiger charge is 2.11. The Kier molecular flexibility index (Phi) is 4.77. The van der Waals surface area contributed by atoms with Crippen LogP contribution in [0.2, 0.25) is 5.02 Å². The Morgan fingerprint density at radius 2 is 2.00 bits per heavy atom. The maximum absolute atomic E-state index is 12.3. The standard InChI is InChI=1S/C16H17ClN2O/c1-11-6-7-13(10-15(11)17)19-16(20)14-5-3-2-4-12(14)8-9-18/h2-7,10H,8-9,18H2,1H3,(H,19,20). The molecule has 4 heteroatoms. The monoisotopic (exact) mass is 288 g/mol. The summed E-state index contributed by atoms with van der Waals surface area (Å²) in [4.78, 5) is 12.3. The molecule has 2 rings (SSSR count). The highest BCUT2D eigenvalue weighted by Crippen LogP contribution is 2.21. The zero-order chi connectivity index (χ0) is 14.5. The minimum Gasteiger partial charge on any atom is -0.330 e. The first-order valence-electron chi connectivity index (χ1n) is 6.47. The molecule has 0 saturated carbocycles. The number of anilines is 1. The normalized spacial score (nSPS) is 10.3. The van der Waals surface area contributed by atoms with Crippen molar-refractivity contribution in [2.75, 3.05) is 11.9 Å². The predicted octanol–water partition coefficient (Wildman–Crippen LogP) is 3.40. The van der Waals surface area contributed by atoms with E-state index in [1.54, 1.807) is 12.1 Å². The van der Waals surface area contributed by atoms with Gasteiger partial charge in [0.25, 0.3) is 5.91 Å². The van der Waals surface area contributed by atoms with Crippen LogP contribution in [0.5, 0.6) is 0 Å². The Bertz CT molecular complexity index is 626. The lowest BCUT2D eigenvalue weighted by Crippen LogP contribution is -2.15. The van der Waals surface area contributed by atoms with E-state index in [0.717, 1.165) is 11.1 Å². The lowest BCUT2D eigenvalue weighted by atomic mass is 10.0. The highest BCUT2D eigenvalue weighted by molar-refractivity contribution is 6.31. The smallest absolute Gasteiger partial charge is 0.255 e. The molecule has 0 unspecified atom stereocenters. The molecule has 0 aliphatic carbocycles. The molecule has 0 saturated heterocycles. The molecule has 3 nitrogen and oxygen atoms in total. The van der Waals surface area contributed by atoms with E-state index in [1.165, 1.54) is 0 Å². The van der Waals surface area contributed by atoms with E-state index in [4.69, 9.17) is 17.3 Å². The maximum atomic E-state index is 12.3. The zero-order valence-electron chi connectivity index (χ0n) is 11.3. The number of carbonyl (C=O) groups excluding carboxylic acids is 1. The molecule has 0 heterocycles. The molecule has 0 fully saturated rings. The molecule has 0 aliphatic rings. The average molecular weight is 289 g/mol. The quantitative estimate of drug-likeness (QED) is 0.906. The molecule has 20 heavy (non-hydrogen) atoms. The molecular formula is C16H17ClN2O. The number of nitrogens with two attached hydrogens (primary N) is 1. The highest BCUT2D eigenvalue weighted by atomic mass is 35.5. The van der Waals surface area contributed by atoms with Crippen LogP contribution in [0.4, 0.5) is 5.69 Å². The number of amides is 1. The molecule has 104 valence electrons. The number of hydrogen-bond donors (Lipinski definition) is 2. The van der Waals surface area contributed by atoms with Gasteiger partial charge in [-0.3, -0.25) is 4.79 Å². The van der Waals surface area contributed by atoms with E-state index in [-0.39, 0.29) is 5.91 Å². The van der Waals surface area contributed by atoms with Crippen LogP contribution in [0.25, 0.3) is 0 Å². The van der Waals surface area contributed by atoms with Crippen LogP contribution in [-0.2, 0) is 6.42 Å². The summed E-state index contributed by atoms with van der Waals surface area (Å²) in [6.07, 6.45) is 0.679. The van der Waals surface area contributed by atoms with Gasteiger partial charge >= 0.3 is 0 Å². The third-order valence-corrected chi connectivity index (χ3v) is 3.51. The van der Waals surface area contributed by atoms with Crippen LogP contribution < -0.4 is 11.1 Å². The van der Waals surface area contributed by atoms with Crippen molar-refractivity contribution in [3.8, 4) is 0 Å². The van der Waals surface area contributed by atoms with E-state index >= 15 is 0 Å². The van der Waals surface area contributed by atoms with Crippen LogP contribution in [0.1, 0.15) is 21.5 Å². The van der Waals surface area contributed by atoms with E-state index in [1.807, 2.05) is 37.3 Å². The van der Waals surface area contributed by atoms with Gasteiger partial charge in [-0.25, -0.2) is 0 Å². The largest absolute Gasteiger partial charge is 0.330 e. The Morgan fingerprint density at radius 1 is 1.25 bits per heavy atom. The summed E-state index contributed by atoms with van der Waals surface area (Å²) in [5.41, 5.74) is 8.83. The van der Waals surface area contributed by atoms with Crippen molar-refractivity contribution in [2.24, 2.45) is 5.73 Å². The summed E-state index contributed by atoms with van der Waals surface area (Å²) in [7, 11) is 0. The summed E-state index contributed by atoms with van der Waals surface area (Å²) >= 11 is 6.06. The number of carbonyl (C=O) groups is 1. The number of aryl methyl sites for hydroxylation is 1. The topological polar surface area (TPSA) is 55.1 Å². The predicted molar refractivity (Wildman–Crippen MR) is 83.3 cm³/mol. The lowest BCUT2D eigenvalue weighted by molar-refractivity contribution is 0.102. The third-order valence-electron chi connectivity index (χ3n) is 3.11. The number of benzene rings is 2. The van der Waals surface area contributed by atoms with Crippen molar-refractivity contribution in [1.29, 1.82) is 0 Å². The van der Waals surface area contributed by atoms with E-state index in [2.05, 4.69) is 5.32 Å². The number of nitrogens with one attached hydrogen (secondary N) is 1. The van der Waals surface area contributed by atoms with E-state index < -0.39 is 0 Å². The number of halogens is 1. The van der Waals surface area contributed by atoms with Gasteiger partial charge in [0.1, 0.15) is 0 Å². The SMILES string of the molecule is Cc1ccc(NC(=O)c2ccccc2CCN)cc1Cl. The first-order valence-corrected chi connectivity index (χ1v) is 6.85. The first-order chi connectivity index (χ1) is 9.61. The van der Waals surface area contributed by atoms with Crippen LogP contribution in [0, 0.1) is 6.92 Å². The molecule has 0 spiro atoms. The molecular weight excluding hydrogens is 272 g/mol. The second-order valence-electron chi connectivity index (χ2n) is 4.61. The van der Waals surface area contributed by atoms with Crippen LogP contribution in [0.3, 0.4) is 0 Å². The second-order valence-corrected chi connectivity index (χ2v) is 5.02. The Hall–Kier alpha value is -1.84. The minimum absolute atomic E-state index is 0.144. The van der Waals surface area contributed by atoms with Gasteiger partial charge in [-0.2, -0.15) is 0 Å². The van der Waals surface area contributed by atoms with Crippen LogP contribution in [-0.4, -0.2) is 12.5 Å². The molecule has 0 aliphatic heterocycles. The minimum atomic E-state index is -0.144. The Morgan fingerprint density at radius 3 is 2.70 bits per heavy atom. The molecule has 0 aromatic heterocycles. The fourth-order valence-electron chi connectivity index (χ4n) is 1.98. The molecule has 0 radical (unpaired) electrons. The van der Waals surface area contributed by atoms with Gasteiger partial charge in [0.15, 0.2) is 0 Å². The van der Waals surface area contributed by atoms with Crippen molar-refractivity contribution in [3.63, 3.8) is 0 Å². The zero-order valence-corrected chi connectivity index (χ0v) is 12.1. The van der Waals surface area contributed by atoms with Crippen LogP contribution >= 0.6 is 11.6 Å². The van der Waals surface area contributed by atoms with Gasteiger partial charge < -0.3 is 11.1 Å². The summed E-state index contributed by atoms with van der Waals surface area (Å²) in [6.45, 7) is 2.44. The van der Waals surface area contributed by atoms with E-state index in [9.17, 15) is 4.79 Å². The maximum Gasteiger partial charge on any atom is 0.255 e. The van der Waals surface area contributed by atoms with Gasteiger partial charge in [-0.15, -0.1) is 0 Å². The summed E-state index contributed by atoms with van der Waals surface area (Å²) in [5.74, 6) is -0.144. The van der Waals surface area contributed by atoms with E-state index in [0.29, 0.717) is 29.2 Å². The van der Waals surface area contributed by atoms with Crippen molar-refractivity contribution in [2.45, 2.75) is 13.3 Å². The van der Waals surface area contributed by atoms with Crippen molar-refractivity contribution >= 4 is 23.2 Å². The molecule has 2 aromatic rings. The molecule has 1 amide bonds. The van der Waals surface area contributed by atoms with Gasteiger partial charge in [-0.1, -0.05) is 35.9 Å². The second kappa shape index (κ2) is 6.55.